The van der Waals surface area contributed by atoms with Crippen LogP contribution in [-0.4, -0.2) is 21.1 Å². The molecule has 0 unspecified atom stereocenters. The van der Waals surface area contributed by atoms with Crippen molar-refractivity contribution < 1.29 is 4.79 Å². The van der Waals surface area contributed by atoms with Gasteiger partial charge in [-0.25, -0.2) is 4.98 Å². The maximum absolute atomic E-state index is 11.8. The van der Waals surface area contributed by atoms with E-state index in [1.54, 1.807) is 19.1 Å². The van der Waals surface area contributed by atoms with Gasteiger partial charge in [0, 0.05) is 0 Å². The fourth-order valence-electron chi connectivity index (χ4n) is 1.32. The lowest BCUT2D eigenvalue weighted by Gasteiger charge is -2.06. The van der Waals surface area contributed by atoms with Crippen molar-refractivity contribution in [2.75, 3.05) is 11.1 Å². The molecule has 0 saturated carbocycles. The first-order valence-corrected chi connectivity index (χ1v) is 5.19. The number of carbonyl (C=O) groups excluding carboxylic acids is 1. The average Bonchev–Trinajstić information content (AvgIpc) is 2.68. The van der Waals surface area contributed by atoms with Crippen molar-refractivity contribution in [3.05, 3.63) is 34.9 Å². The predicted molar refractivity (Wildman–Crippen MR) is 64.9 cm³/mol. The first kappa shape index (κ1) is 11.4. The van der Waals surface area contributed by atoms with Gasteiger partial charge in [-0.2, -0.15) is 5.10 Å². The molecule has 2 heterocycles. The molecule has 0 aliphatic heterocycles. The highest BCUT2D eigenvalue weighted by molar-refractivity contribution is 6.29. The molecule has 7 heteroatoms. The Hall–Kier alpha value is -2.08. The molecule has 88 valence electrons. The van der Waals surface area contributed by atoms with Gasteiger partial charge in [-0.3, -0.25) is 9.89 Å². The zero-order valence-corrected chi connectivity index (χ0v) is 9.75. The molecule has 1 amide bonds. The van der Waals surface area contributed by atoms with Gasteiger partial charge in [0.25, 0.3) is 5.91 Å². The third-order valence-electron chi connectivity index (χ3n) is 2.20. The number of hydrogen-bond acceptors (Lipinski definition) is 4. The molecule has 0 bridgehead atoms. The van der Waals surface area contributed by atoms with Gasteiger partial charge in [-0.15, -0.1) is 0 Å². The molecule has 0 radical (unpaired) electrons. The molecule has 0 aliphatic carbocycles. The van der Waals surface area contributed by atoms with Crippen LogP contribution in [-0.2, 0) is 0 Å². The second-order valence-electron chi connectivity index (χ2n) is 3.42. The zero-order valence-electron chi connectivity index (χ0n) is 8.99. The van der Waals surface area contributed by atoms with E-state index in [4.69, 9.17) is 17.3 Å². The number of nitrogen functional groups attached to an aromatic ring is 1. The van der Waals surface area contributed by atoms with Crippen molar-refractivity contribution in [2.45, 2.75) is 6.92 Å². The maximum Gasteiger partial charge on any atom is 0.275 e. The van der Waals surface area contributed by atoms with Crippen molar-refractivity contribution in [2.24, 2.45) is 0 Å². The Bertz CT molecular complexity index is 566. The molecule has 2 rings (SSSR count). The van der Waals surface area contributed by atoms with Crippen molar-refractivity contribution >= 4 is 28.9 Å². The van der Waals surface area contributed by atoms with Gasteiger partial charge in [0.2, 0.25) is 0 Å². The van der Waals surface area contributed by atoms with Crippen molar-refractivity contribution in [3.63, 3.8) is 0 Å². The molecule has 0 saturated heterocycles. The number of hydrogen-bond donors (Lipinski definition) is 3. The number of carbonyl (C=O) groups is 1. The summed E-state index contributed by atoms with van der Waals surface area (Å²) in [5.74, 6) is -0.368. The highest BCUT2D eigenvalue weighted by atomic mass is 35.5. The largest absolute Gasteiger partial charge is 0.396 e. The highest BCUT2D eigenvalue weighted by Crippen LogP contribution is 2.17. The second kappa shape index (κ2) is 4.42. The Labute approximate surface area is 102 Å². The van der Waals surface area contributed by atoms with Crippen LogP contribution in [0.3, 0.4) is 0 Å². The number of halogens is 1. The fraction of sp³-hybridized carbons (Fsp3) is 0.100. The minimum Gasteiger partial charge on any atom is -0.396 e. The van der Waals surface area contributed by atoms with Crippen molar-refractivity contribution in [3.8, 4) is 0 Å². The summed E-state index contributed by atoms with van der Waals surface area (Å²) in [4.78, 5) is 15.8. The number of nitrogens with one attached hydrogen (secondary N) is 2. The number of rotatable bonds is 2. The minimum absolute atomic E-state index is 0.222. The Kier molecular flexibility index (Phi) is 2.97. The first-order valence-electron chi connectivity index (χ1n) is 4.81. The lowest BCUT2D eigenvalue weighted by atomic mass is 10.3. The zero-order chi connectivity index (χ0) is 12.4. The summed E-state index contributed by atoms with van der Waals surface area (Å²) in [6.07, 6.45) is 1.38. The molecule has 0 aliphatic rings. The van der Waals surface area contributed by atoms with Gasteiger partial charge in [0.15, 0.2) is 0 Å². The molecule has 4 N–H and O–H groups in total. The van der Waals surface area contributed by atoms with Crippen LogP contribution in [0.1, 0.15) is 16.2 Å². The first-order chi connectivity index (χ1) is 8.08. The molecular formula is C10H10ClN5O. The van der Waals surface area contributed by atoms with E-state index in [1.807, 2.05) is 0 Å². The quantitative estimate of drug-likeness (QED) is 0.706. The van der Waals surface area contributed by atoms with E-state index in [0.29, 0.717) is 22.2 Å². The van der Waals surface area contributed by atoms with Crippen LogP contribution >= 0.6 is 11.6 Å². The van der Waals surface area contributed by atoms with Crippen LogP contribution in [0.4, 0.5) is 11.4 Å². The number of amides is 1. The van der Waals surface area contributed by atoms with Gasteiger partial charge < -0.3 is 11.1 Å². The number of aryl methyl sites for hydroxylation is 1. The summed E-state index contributed by atoms with van der Waals surface area (Å²) in [7, 11) is 0. The fourth-order valence-corrected chi connectivity index (χ4v) is 1.51. The molecule has 17 heavy (non-hydrogen) atoms. The molecule has 2 aromatic heterocycles. The summed E-state index contributed by atoms with van der Waals surface area (Å²) in [5, 5.41) is 9.24. The summed E-state index contributed by atoms with van der Waals surface area (Å²) in [6.45, 7) is 1.75. The topological polar surface area (TPSA) is 96.7 Å². The predicted octanol–water partition coefficient (Wildman–Crippen LogP) is 1.60. The molecule has 0 fully saturated rings. The average molecular weight is 252 g/mol. The minimum atomic E-state index is -0.368. The number of pyridine rings is 1. The van der Waals surface area contributed by atoms with E-state index >= 15 is 0 Å². The Balaban J connectivity index is 2.22. The van der Waals surface area contributed by atoms with Crippen LogP contribution in [0.25, 0.3) is 0 Å². The molecule has 0 spiro atoms. The monoisotopic (exact) mass is 251 g/mol. The molecule has 2 aromatic rings. The van der Waals surface area contributed by atoms with E-state index < -0.39 is 0 Å². The third kappa shape index (κ3) is 2.36. The number of nitrogens with two attached hydrogens (primary N) is 1. The maximum atomic E-state index is 11.8. The van der Waals surface area contributed by atoms with Crippen molar-refractivity contribution in [1.82, 2.24) is 15.2 Å². The third-order valence-corrected chi connectivity index (χ3v) is 2.41. The number of nitrogens with zero attached hydrogens (tertiary/aromatic N) is 2. The smallest absolute Gasteiger partial charge is 0.275 e. The van der Waals surface area contributed by atoms with Crippen LogP contribution < -0.4 is 11.1 Å². The SMILES string of the molecule is Cc1nc(Cl)ccc1NC(=O)c1[nH]ncc1N. The number of anilines is 2. The standard InChI is InChI=1S/C10H10ClN5O/c1-5-7(2-3-8(11)14-5)15-10(17)9-6(12)4-13-16-9/h2-4H,12H2,1H3,(H,13,16)(H,15,17). The van der Waals surface area contributed by atoms with Gasteiger partial charge in [0.05, 0.1) is 23.3 Å². The summed E-state index contributed by atoms with van der Waals surface area (Å²) >= 11 is 5.72. The summed E-state index contributed by atoms with van der Waals surface area (Å²) < 4.78 is 0. The summed E-state index contributed by atoms with van der Waals surface area (Å²) in [6, 6.07) is 3.27. The van der Waals surface area contributed by atoms with Crippen LogP contribution in [0, 0.1) is 6.92 Å². The van der Waals surface area contributed by atoms with Crippen LogP contribution in [0.15, 0.2) is 18.3 Å². The van der Waals surface area contributed by atoms with E-state index in [2.05, 4.69) is 20.5 Å². The van der Waals surface area contributed by atoms with Crippen LogP contribution in [0.5, 0.6) is 0 Å². The van der Waals surface area contributed by atoms with E-state index in [-0.39, 0.29) is 11.6 Å². The van der Waals surface area contributed by atoms with E-state index in [9.17, 15) is 4.79 Å². The second-order valence-corrected chi connectivity index (χ2v) is 3.81. The number of aromatic nitrogens is 3. The lowest BCUT2D eigenvalue weighted by Crippen LogP contribution is -2.15. The molecule has 0 atom stereocenters. The summed E-state index contributed by atoms with van der Waals surface area (Å²) in [5.41, 5.74) is 7.29. The highest BCUT2D eigenvalue weighted by Gasteiger charge is 2.13. The number of H-pyrrole nitrogens is 1. The van der Waals surface area contributed by atoms with Crippen LogP contribution in [0.2, 0.25) is 5.15 Å². The van der Waals surface area contributed by atoms with Gasteiger partial charge in [-0.1, -0.05) is 11.6 Å². The van der Waals surface area contributed by atoms with E-state index in [1.165, 1.54) is 6.20 Å². The number of aromatic amines is 1. The lowest BCUT2D eigenvalue weighted by molar-refractivity contribution is 0.102. The Morgan fingerprint density at radius 1 is 1.53 bits per heavy atom. The van der Waals surface area contributed by atoms with E-state index in [0.717, 1.165) is 0 Å². The van der Waals surface area contributed by atoms with Gasteiger partial charge in [0.1, 0.15) is 10.8 Å². The Morgan fingerprint density at radius 2 is 2.29 bits per heavy atom. The van der Waals surface area contributed by atoms with Gasteiger partial charge >= 0.3 is 0 Å². The van der Waals surface area contributed by atoms with Crippen molar-refractivity contribution in [1.29, 1.82) is 0 Å². The molecule has 0 aromatic carbocycles. The van der Waals surface area contributed by atoms with Gasteiger partial charge in [-0.05, 0) is 19.1 Å². The molecular weight excluding hydrogens is 242 g/mol. The Morgan fingerprint density at radius 3 is 2.88 bits per heavy atom. The normalized spacial score (nSPS) is 10.2. The molecule has 6 nitrogen and oxygen atoms in total.